The van der Waals surface area contributed by atoms with Gasteiger partial charge in [0.05, 0.1) is 12.7 Å². The molecule has 0 aliphatic carbocycles. The van der Waals surface area contributed by atoms with Crippen LogP contribution in [0.1, 0.15) is 61.4 Å². The second-order valence-electron chi connectivity index (χ2n) is 4.81. The molecule has 0 aliphatic heterocycles. The van der Waals surface area contributed by atoms with Gasteiger partial charge in [0, 0.05) is 5.56 Å². The van der Waals surface area contributed by atoms with Gasteiger partial charge in [-0.1, -0.05) is 45.1 Å². The summed E-state index contributed by atoms with van der Waals surface area (Å²) >= 11 is 0. The van der Waals surface area contributed by atoms with Crippen molar-refractivity contribution in [2.75, 3.05) is 7.11 Å². The number of methoxy groups -OCH3 is 1. The number of rotatable bonds is 9. The Hall–Kier alpha value is -1.51. The van der Waals surface area contributed by atoms with E-state index in [1.165, 1.54) is 25.7 Å². The minimum atomic E-state index is -0.875. The van der Waals surface area contributed by atoms with Gasteiger partial charge in [-0.05, 0) is 25.0 Å². The van der Waals surface area contributed by atoms with Gasteiger partial charge in [0.15, 0.2) is 0 Å². The minimum Gasteiger partial charge on any atom is -0.496 e. The molecule has 0 saturated carbocycles. The summed E-state index contributed by atoms with van der Waals surface area (Å²) in [5.41, 5.74) is 1.20. The molecule has 1 aromatic carbocycles. The van der Waals surface area contributed by atoms with Crippen molar-refractivity contribution in [1.82, 2.24) is 0 Å². The van der Waals surface area contributed by atoms with Crippen molar-refractivity contribution in [2.45, 2.75) is 51.9 Å². The van der Waals surface area contributed by atoms with E-state index in [1.54, 1.807) is 19.2 Å². The lowest BCUT2D eigenvalue weighted by atomic mass is 9.99. The Morgan fingerprint density at radius 3 is 2.47 bits per heavy atom. The molecule has 106 valence electrons. The number of hydrogen-bond acceptors (Lipinski definition) is 2. The molecular formula is C16H24O3. The number of unbranched alkanes of at least 4 members (excludes halogenated alkanes) is 5. The van der Waals surface area contributed by atoms with Gasteiger partial charge in [0.1, 0.15) is 5.75 Å². The van der Waals surface area contributed by atoms with Crippen LogP contribution in [0.15, 0.2) is 18.2 Å². The number of aromatic carboxylic acids is 1. The third kappa shape index (κ3) is 4.93. The van der Waals surface area contributed by atoms with Crippen molar-refractivity contribution in [1.29, 1.82) is 0 Å². The number of ether oxygens (including phenoxy) is 1. The third-order valence-electron chi connectivity index (χ3n) is 3.36. The van der Waals surface area contributed by atoms with Crippen LogP contribution in [0.5, 0.6) is 5.75 Å². The largest absolute Gasteiger partial charge is 0.496 e. The lowest BCUT2D eigenvalue weighted by molar-refractivity contribution is 0.0695. The van der Waals surface area contributed by atoms with E-state index >= 15 is 0 Å². The first-order valence-electron chi connectivity index (χ1n) is 7.09. The summed E-state index contributed by atoms with van der Waals surface area (Å²) in [4.78, 5) is 11.2. The van der Waals surface area contributed by atoms with Crippen LogP contribution in [0.4, 0.5) is 0 Å². The average Bonchev–Trinajstić information content (AvgIpc) is 2.42. The maximum absolute atomic E-state index is 11.2. The first-order valence-corrected chi connectivity index (χ1v) is 7.09. The fraction of sp³-hybridized carbons (Fsp3) is 0.562. The molecule has 19 heavy (non-hydrogen) atoms. The molecule has 1 rings (SSSR count). The fourth-order valence-corrected chi connectivity index (χ4v) is 2.30. The maximum atomic E-state index is 11.2. The predicted molar refractivity (Wildman–Crippen MR) is 77.0 cm³/mol. The molecule has 0 unspecified atom stereocenters. The second-order valence-corrected chi connectivity index (χ2v) is 4.81. The molecule has 0 fully saturated rings. The monoisotopic (exact) mass is 264 g/mol. The number of benzene rings is 1. The molecular weight excluding hydrogens is 240 g/mol. The van der Waals surface area contributed by atoms with Crippen LogP contribution in [-0.2, 0) is 6.42 Å². The first kappa shape index (κ1) is 15.5. The SMILES string of the molecule is CCCCCCCCc1c(OC)cccc1C(=O)O. The van der Waals surface area contributed by atoms with Gasteiger partial charge in [-0.25, -0.2) is 4.79 Å². The highest BCUT2D eigenvalue weighted by Gasteiger charge is 2.13. The lowest BCUT2D eigenvalue weighted by Gasteiger charge is -2.11. The van der Waals surface area contributed by atoms with Gasteiger partial charge < -0.3 is 9.84 Å². The first-order chi connectivity index (χ1) is 9.20. The number of carbonyl (C=O) groups is 1. The van der Waals surface area contributed by atoms with Gasteiger partial charge in [0.25, 0.3) is 0 Å². The Balaban J connectivity index is 2.58. The summed E-state index contributed by atoms with van der Waals surface area (Å²) < 4.78 is 5.27. The van der Waals surface area contributed by atoms with Crippen molar-refractivity contribution in [3.8, 4) is 5.75 Å². The van der Waals surface area contributed by atoms with Gasteiger partial charge in [-0.3, -0.25) is 0 Å². The molecule has 0 aromatic heterocycles. The maximum Gasteiger partial charge on any atom is 0.336 e. The van der Waals surface area contributed by atoms with Crippen molar-refractivity contribution in [2.24, 2.45) is 0 Å². The molecule has 0 bridgehead atoms. The third-order valence-corrected chi connectivity index (χ3v) is 3.36. The summed E-state index contributed by atoms with van der Waals surface area (Å²) in [5.74, 6) is -0.187. The van der Waals surface area contributed by atoms with E-state index in [4.69, 9.17) is 4.74 Å². The Morgan fingerprint density at radius 2 is 1.84 bits per heavy atom. The normalized spacial score (nSPS) is 10.4. The van der Waals surface area contributed by atoms with E-state index in [-0.39, 0.29) is 0 Å². The predicted octanol–water partition coefficient (Wildman–Crippen LogP) is 4.30. The lowest BCUT2D eigenvalue weighted by Crippen LogP contribution is -2.04. The van der Waals surface area contributed by atoms with E-state index in [9.17, 15) is 9.90 Å². The smallest absolute Gasteiger partial charge is 0.336 e. The van der Waals surface area contributed by atoms with Crippen LogP contribution in [-0.4, -0.2) is 18.2 Å². The molecule has 0 saturated heterocycles. The Morgan fingerprint density at radius 1 is 1.16 bits per heavy atom. The highest BCUT2D eigenvalue weighted by Crippen LogP contribution is 2.24. The molecule has 1 N–H and O–H groups in total. The van der Waals surface area contributed by atoms with Gasteiger partial charge in [0.2, 0.25) is 0 Å². The van der Waals surface area contributed by atoms with Gasteiger partial charge in [-0.2, -0.15) is 0 Å². The zero-order valence-electron chi connectivity index (χ0n) is 11.9. The molecule has 0 spiro atoms. The fourth-order valence-electron chi connectivity index (χ4n) is 2.30. The molecule has 0 heterocycles. The van der Waals surface area contributed by atoms with Crippen molar-refractivity contribution in [3.05, 3.63) is 29.3 Å². The van der Waals surface area contributed by atoms with E-state index in [0.717, 1.165) is 24.8 Å². The van der Waals surface area contributed by atoms with Crippen molar-refractivity contribution < 1.29 is 14.6 Å². The zero-order chi connectivity index (χ0) is 14.1. The Labute approximate surface area is 115 Å². The highest BCUT2D eigenvalue weighted by atomic mass is 16.5. The highest BCUT2D eigenvalue weighted by molar-refractivity contribution is 5.90. The second kappa shape index (κ2) is 8.57. The Bertz CT molecular complexity index is 399. The molecule has 0 aliphatic rings. The van der Waals surface area contributed by atoms with Gasteiger partial charge >= 0.3 is 5.97 Å². The average molecular weight is 264 g/mol. The standard InChI is InChI=1S/C16H24O3/c1-3-4-5-6-7-8-10-13-14(16(17)18)11-9-12-15(13)19-2/h9,11-12H,3-8,10H2,1-2H3,(H,17,18). The minimum absolute atomic E-state index is 0.368. The van der Waals surface area contributed by atoms with Crippen LogP contribution in [0, 0.1) is 0 Å². The summed E-state index contributed by atoms with van der Waals surface area (Å²) in [6.45, 7) is 2.20. The van der Waals surface area contributed by atoms with Gasteiger partial charge in [-0.15, -0.1) is 0 Å². The Kier molecular flexibility index (Phi) is 7.01. The molecule has 1 aromatic rings. The van der Waals surface area contributed by atoms with E-state index < -0.39 is 5.97 Å². The van der Waals surface area contributed by atoms with Crippen molar-refractivity contribution >= 4 is 5.97 Å². The molecule has 3 heteroatoms. The molecule has 0 radical (unpaired) electrons. The summed E-state index contributed by atoms with van der Waals surface area (Å²) in [5, 5.41) is 9.20. The van der Waals surface area contributed by atoms with Crippen LogP contribution < -0.4 is 4.74 Å². The van der Waals surface area contributed by atoms with Crippen LogP contribution >= 0.6 is 0 Å². The topological polar surface area (TPSA) is 46.5 Å². The quantitative estimate of drug-likeness (QED) is 0.676. The summed E-state index contributed by atoms with van der Waals surface area (Å²) in [7, 11) is 1.59. The molecule has 3 nitrogen and oxygen atoms in total. The molecule has 0 atom stereocenters. The van der Waals surface area contributed by atoms with Crippen LogP contribution in [0.2, 0.25) is 0 Å². The summed E-state index contributed by atoms with van der Waals surface area (Å²) in [6, 6.07) is 5.21. The zero-order valence-corrected chi connectivity index (χ0v) is 11.9. The van der Waals surface area contributed by atoms with Crippen LogP contribution in [0.3, 0.4) is 0 Å². The molecule has 0 amide bonds. The number of carboxylic acid groups (broad SMARTS) is 1. The van der Waals surface area contributed by atoms with E-state index in [2.05, 4.69) is 6.92 Å². The van der Waals surface area contributed by atoms with E-state index in [1.807, 2.05) is 6.07 Å². The summed E-state index contributed by atoms with van der Waals surface area (Å²) in [6.07, 6.45) is 7.98. The number of carboxylic acids is 1. The van der Waals surface area contributed by atoms with Crippen molar-refractivity contribution in [3.63, 3.8) is 0 Å². The van der Waals surface area contributed by atoms with Crippen LogP contribution in [0.25, 0.3) is 0 Å². The number of hydrogen-bond donors (Lipinski definition) is 1. The van der Waals surface area contributed by atoms with E-state index in [0.29, 0.717) is 11.3 Å².